The quantitative estimate of drug-likeness (QED) is 0.616. The number of anilines is 1. The number of hydrogen-bond acceptors (Lipinski definition) is 7. The van der Waals surface area contributed by atoms with Crippen LogP contribution in [0.3, 0.4) is 0 Å². The molecule has 0 aliphatic carbocycles. The Hall–Kier alpha value is -2.32. The number of nitrogens with zero attached hydrogens (tertiary/aromatic N) is 2. The van der Waals surface area contributed by atoms with Gasteiger partial charge in [-0.2, -0.15) is 0 Å². The summed E-state index contributed by atoms with van der Waals surface area (Å²) in [6.45, 7) is 4.50. The fraction of sp³-hybridized carbons (Fsp3) is 0.391. The molecule has 0 spiro atoms. The van der Waals surface area contributed by atoms with Gasteiger partial charge in [0.15, 0.2) is 15.0 Å². The summed E-state index contributed by atoms with van der Waals surface area (Å²) in [7, 11) is -3.11. The first kappa shape index (κ1) is 21.9. The number of aliphatic imine (C=N–C) groups is 1. The molecule has 0 saturated carbocycles. The third-order valence-electron chi connectivity index (χ3n) is 5.51. The van der Waals surface area contributed by atoms with Gasteiger partial charge in [-0.25, -0.2) is 8.42 Å². The zero-order chi connectivity index (χ0) is 22.0. The third kappa shape index (κ3) is 5.13. The minimum Gasteiger partial charge on any atom is -0.460 e. The van der Waals surface area contributed by atoms with Gasteiger partial charge in [0.25, 0.3) is 0 Å². The van der Waals surface area contributed by atoms with Crippen molar-refractivity contribution in [2.45, 2.75) is 38.5 Å². The predicted molar refractivity (Wildman–Crippen MR) is 125 cm³/mol. The van der Waals surface area contributed by atoms with Crippen molar-refractivity contribution in [1.29, 1.82) is 0 Å². The fourth-order valence-corrected chi connectivity index (χ4v) is 6.62. The van der Waals surface area contributed by atoms with E-state index in [1.54, 1.807) is 0 Å². The van der Waals surface area contributed by atoms with E-state index in [0.717, 1.165) is 11.3 Å². The Labute approximate surface area is 187 Å². The molecule has 0 unspecified atom stereocenters. The molecule has 0 aromatic heterocycles. The molecule has 2 aliphatic rings. The van der Waals surface area contributed by atoms with Gasteiger partial charge in [-0.1, -0.05) is 68.1 Å². The maximum atomic E-state index is 12.3. The first-order valence-electron chi connectivity index (χ1n) is 10.3. The van der Waals surface area contributed by atoms with Crippen molar-refractivity contribution >= 4 is 38.4 Å². The van der Waals surface area contributed by atoms with Gasteiger partial charge in [0.1, 0.15) is 6.61 Å². The van der Waals surface area contributed by atoms with Crippen LogP contribution >= 0.6 is 11.8 Å². The predicted octanol–water partition coefficient (Wildman–Crippen LogP) is 3.63. The number of benzene rings is 2. The number of thioether (sulfide) groups is 1. The van der Waals surface area contributed by atoms with E-state index in [0.29, 0.717) is 11.1 Å². The number of carbonyl (C=O) groups is 1. The van der Waals surface area contributed by atoms with Crippen LogP contribution in [-0.2, 0) is 26.0 Å². The molecule has 6 nitrogen and oxygen atoms in total. The van der Waals surface area contributed by atoms with Crippen LogP contribution in [0.2, 0.25) is 0 Å². The van der Waals surface area contributed by atoms with Crippen LogP contribution in [0.15, 0.2) is 59.6 Å². The van der Waals surface area contributed by atoms with Crippen molar-refractivity contribution in [2.24, 2.45) is 4.99 Å². The number of sulfone groups is 1. The first-order valence-corrected chi connectivity index (χ1v) is 13.1. The van der Waals surface area contributed by atoms with E-state index >= 15 is 0 Å². The number of ether oxygens (including phenoxy) is 1. The van der Waals surface area contributed by atoms with Crippen molar-refractivity contribution in [3.8, 4) is 0 Å². The molecule has 164 valence electrons. The van der Waals surface area contributed by atoms with Crippen molar-refractivity contribution in [3.63, 3.8) is 0 Å². The lowest BCUT2D eigenvalue weighted by molar-refractivity contribution is -0.141. The Balaban J connectivity index is 1.46. The Kier molecular flexibility index (Phi) is 6.39. The number of rotatable bonds is 6. The molecule has 0 bridgehead atoms. The highest BCUT2D eigenvalue weighted by atomic mass is 32.2. The maximum Gasteiger partial charge on any atom is 0.316 e. The molecular formula is C23H26N2O4S2. The lowest BCUT2D eigenvalue weighted by Crippen LogP contribution is -2.39. The molecule has 1 saturated heterocycles. The second-order valence-electron chi connectivity index (χ2n) is 8.17. The molecule has 2 atom stereocenters. The Morgan fingerprint density at radius 2 is 1.84 bits per heavy atom. The number of carbonyl (C=O) groups excluding carboxylic acids is 1. The van der Waals surface area contributed by atoms with Gasteiger partial charge in [0, 0.05) is 5.69 Å². The van der Waals surface area contributed by atoms with E-state index < -0.39 is 9.84 Å². The van der Waals surface area contributed by atoms with Gasteiger partial charge >= 0.3 is 5.97 Å². The first-order chi connectivity index (χ1) is 14.8. The number of fused-ring (bicyclic) bond motifs is 1. The summed E-state index contributed by atoms with van der Waals surface area (Å²) in [4.78, 5) is 18.9. The van der Waals surface area contributed by atoms with Crippen LogP contribution in [0.4, 0.5) is 5.69 Å². The second kappa shape index (κ2) is 9.04. The van der Waals surface area contributed by atoms with E-state index in [1.165, 1.54) is 17.3 Å². The summed E-state index contributed by atoms with van der Waals surface area (Å²) in [5.41, 5.74) is 3.05. The monoisotopic (exact) mass is 458 g/mol. The molecule has 0 N–H and O–H groups in total. The summed E-state index contributed by atoms with van der Waals surface area (Å²) in [6.07, 6.45) is 0. The topological polar surface area (TPSA) is 76.0 Å². The molecule has 8 heteroatoms. The van der Waals surface area contributed by atoms with Crippen LogP contribution in [0, 0.1) is 0 Å². The highest BCUT2D eigenvalue weighted by Gasteiger charge is 2.47. The fourth-order valence-electron chi connectivity index (χ4n) is 3.86. The van der Waals surface area contributed by atoms with Crippen LogP contribution in [0.25, 0.3) is 0 Å². The molecular weight excluding hydrogens is 432 g/mol. The third-order valence-corrected chi connectivity index (χ3v) is 8.15. The van der Waals surface area contributed by atoms with Gasteiger partial charge in [-0.3, -0.25) is 9.79 Å². The van der Waals surface area contributed by atoms with Gasteiger partial charge in [-0.15, -0.1) is 0 Å². The van der Waals surface area contributed by atoms with Crippen molar-refractivity contribution < 1.29 is 17.9 Å². The summed E-state index contributed by atoms with van der Waals surface area (Å²) in [5, 5.41) is 0.679. The summed E-state index contributed by atoms with van der Waals surface area (Å²) >= 11 is 1.30. The zero-order valence-electron chi connectivity index (χ0n) is 17.6. The van der Waals surface area contributed by atoms with Crippen molar-refractivity contribution in [1.82, 2.24) is 0 Å². The van der Waals surface area contributed by atoms with E-state index in [9.17, 15) is 13.2 Å². The van der Waals surface area contributed by atoms with Gasteiger partial charge in [0.05, 0.1) is 29.3 Å². The molecule has 1 fully saturated rings. The number of amidine groups is 1. The summed E-state index contributed by atoms with van der Waals surface area (Å²) in [5.74, 6) is 0.347. The van der Waals surface area contributed by atoms with Crippen LogP contribution in [0.5, 0.6) is 0 Å². The highest BCUT2D eigenvalue weighted by Crippen LogP contribution is 2.35. The zero-order valence-corrected chi connectivity index (χ0v) is 19.2. The van der Waals surface area contributed by atoms with Crippen LogP contribution < -0.4 is 4.90 Å². The lowest BCUT2D eigenvalue weighted by atomic mass is 10.0. The van der Waals surface area contributed by atoms with Gasteiger partial charge < -0.3 is 9.64 Å². The van der Waals surface area contributed by atoms with E-state index in [1.807, 2.05) is 47.4 Å². The molecule has 4 rings (SSSR count). The number of hydrogen-bond donors (Lipinski definition) is 0. The van der Waals surface area contributed by atoms with Crippen LogP contribution in [0.1, 0.15) is 30.9 Å². The largest absolute Gasteiger partial charge is 0.460 e. The SMILES string of the molecule is CC(C)c1ccc(N2C(SCC(=O)OCc3ccccc3)=N[C@H]3CS(=O)(=O)C[C@H]32)cc1. The Morgan fingerprint density at radius 1 is 1.13 bits per heavy atom. The molecule has 2 heterocycles. The normalized spacial score (nSPS) is 21.8. The Bertz CT molecular complexity index is 1070. The van der Waals surface area contributed by atoms with Crippen LogP contribution in [-0.4, -0.2) is 48.9 Å². The lowest BCUT2D eigenvalue weighted by Gasteiger charge is -2.26. The average Bonchev–Trinajstić information content (AvgIpc) is 3.22. The van der Waals surface area contributed by atoms with Gasteiger partial charge in [-0.05, 0) is 29.2 Å². The minimum atomic E-state index is -3.11. The van der Waals surface area contributed by atoms with E-state index in [-0.39, 0.29) is 41.9 Å². The Morgan fingerprint density at radius 3 is 2.52 bits per heavy atom. The van der Waals surface area contributed by atoms with E-state index in [2.05, 4.69) is 31.0 Å². The standard InChI is InChI=1S/C23H26N2O4S2/c1-16(2)18-8-10-19(11-9-18)25-21-15-31(27,28)14-20(21)24-23(25)30-13-22(26)29-12-17-6-4-3-5-7-17/h3-11,16,20-21H,12-15H2,1-2H3/t20-,21+/m0/s1. The minimum absolute atomic E-state index is 0.0563. The molecule has 0 amide bonds. The van der Waals surface area contributed by atoms with E-state index in [4.69, 9.17) is 4.74 Å². The molecule has 2 aromatic carbocycles. The second-order valence-corrected chi connectivity index (χ2v) is 11.3. The highest BCUT2D eigenvalue weighted by molar-refractivity contribution is 8.14. The summed E-state index contributed by atoms with van der Waals surface area (Å²) in [6, 6.07) is 17.2. The van der Waals surface area contributed by atoms with Gasteiger partial charge in [0.2, 0.25) is 0 Å². The average molecular weight is 459 g/mol. The molecule has 2 aromatic rings. The summed E-state index contributed by atoms with van der Waals surface area (Å²) < 4.78 is 29.7. The molecule has 2 aliphatic heterocycles. The number of esters is 1. The van der Waals surface area contributed by atoms with Crippen molar-refractivity contribution in [3.05, 3.63) is 65.7 Å². The smallest absolute Gasteiger partial charge is 0.316 e. The van der Waals surface area contributed by atoms with Crippen molar-refractivity contribution in [2.75, 3.05) is 22.2 Å². The molecule has 31 heavy (non-hydrogen) atoms. The molecule has 0 radical (unpaired) electrons. The maximum absolute atomic E-state index is 12.3.